The van der Waals surface area contributed by atoms with Crippen LogP contribution in [0.3, 0.4) is 0 Å². The summed E-state index contributed by atoms with van der Waals surface area (Å²) in [5.41, 5.74) is 5.92. The Labute approximate surface area is 156 Å². The van der Waals surface area contributed by atoms with Crippen molar-refractivity contribution >= 4 is 33.6 Å². The van der Waals surface area contributed by atoms with Gasteiger partial charge in [0.25, 0.3) is 0 Å². The van der Waals surface area contributed by atoms with Crippen molar-refractivity contribution in [3.8, 4) is 5.69 Å². The molecule has 3 aromatic rings. The predicted molar refractivity (Wildman–Crippen MR) is 107 cm³/mol. The van der Waals surface area contributed by atoms with Gasteiger partial charge in [0.2, 0.25) is 0 Å². The van der Waals surface area contributed by atoms with Crippen LogP contribution < -0.4 is 0 Å². The van der Waals surface area contributed by atoms with Gasteiger partial charge >= 0.3 is 0 Å². The summed E-state index contributed by atoms with van der Waals surface area (Å²) in [7, 11) is 0. The van der Waals surface area contributed by atoms with Crippen LogP contribution in [0.15, 0.2) is 64.1 Å². The van der Waals surface area contributed by atoms with Gasteiger partial charge in [-0.1, -0.05) is 28.1 Å². The van der Waals surface area contributed by atoms with Crippen LogP contribution in [-0.4, -0.2) is 16.6 Å². The number of benzene rings is 2. The molecule has 0 fully saturated rings. The second-order valence-electron chi connectivity index (χ2n) is 6.00. The van der Waals surface area contributed by atoms with Gasteiger partial charge < -0.3 is 4.57 Å². The highest BCUT2D eigenvalue weighted by molar-refractivity contribution is 9.10. The number of aryl methyl sites for hydroxylation is 1. The fraction of sp³-hybridized carbons (Fsp3) is 0.143. The summed E-state index contributed by atoms with van der Waals surface area (Å²) in [5.74, 6) is 0.0467. The van der Waals surface area contributed by atoms with E-state index in [1.807, 2.05) is 36.5 Å². The minimum atomic E-state index is 0.0467. The molecule has 0 saturated carbocycles. The number of halogens is 1. The largest absolute Gasteiger partial charge is 0.318 e. The molecule has 0 aliphatic carbocycles. The molecule has 0 bridgehead atoms. The lowest BCUT2D eigenvalue weighted by Crippen LogP contribution is -1.99. The number of carbonyl (C=O) groups is 1. The zero-order valence-corrected chi connectivity index (χ0v) is 16.0. The summed E-state index contributed by atoms with van der Waals surface area (Å²) in [4.78, 5) is 16.0. The molecule has 0 saturated heterocycles. The monoisotopic (exact) mass is 394 g/mol. The molecule has 0 radical (unpaired) electrons. The first-order chi connectivity index (χ1) is 12.0. The maximum atomic E-state index is 11.5. The van der Waals surface area contributed by atoms with E-state index in [4.69, 9.17) is 0 Å². The van der Waals surface area contributed by atoms with Crippen LogP contribution in [0.4, 0.5) is 5.69 Å². The molecular formula is C21H19BrN2O. The second kappa shape index (κ2) is 7.19. The molecule has 0 N–H and O–H groups in total. The van der Waals surface area contributed by atoms with Crippen molar-refractivity contribution in [2.75, 3.05) is 0 Å². The summed E-state index contributed by atoms with van der Waals surface area (Å²) in [6.45, 7) is 5.74. The number of hydrogen-bond donors (Lipinski definition) is 0. The highest BCUT2D eigenvalue weighted by Crippen LogP contribution is 2.22. The van der Waals surface area contributed by atoms with Crippen molar-refractivity contribution < 1.29 is 4.79 Å². The second-order valence-corrected chi connectivity index (χ2v) is 6.92. The van der Waals surface area contributed by atoms with E-state index < -0.39 is 0 Å². The van der Waals surface area contributed by atoms with E-state index in [0.717, 1.165) is 32.8 Å². The summed E-state index contributed by atoms with van der Waals surface area (Å²) < 4.78 is 3.27. The van der Waals surface area contributed by atoms with Gasteiger partial charge in [-0.15, -0.1) is 0 Å². The minimum Gasteiger partial charge on any atom is -0.318 e. The number of Topliss-reactive ketones (excluding diaryl/α,β-unsaturated/α-hetero) is 1. The van der Waals surface area contributed by atoms with Crippen LogP contribution in [-0.2, 0) is 0 Å². The smallest absolute Gasteiger partial charge is 0.159 e. The van der Waals surface area contributed by atoms with Crippen molar-refractivity contribution in [3.63, 3.8) is 0 Å². The average Bonchev–Trinajstić information content (AvgIpc) is 2.88. The molecular weight excluding hydrogens is 376 g/mol. The van der Waals surface area contributed by atoms with Crippen LogP contribution >= 0.6 is 15.9 Å². The van der Waals surface area contributed by atoms with E-state index in [9.17, 15) is 4.79 Å². The molecule has 25 heavy (non-hydrogen) atoms. The van der Waals surface area contributed by atoms with Gasteiger partial charge in [-0.3, -0.25) is 9.79 Å². The number of aromatic nitrogens is 1. The number of ketones is 1. The lowest BCUT2D eigenvalue weighted by molar-refractivity contribution is 0.101. The molecule has 2 aromatic carbocycles. The Morgan fingerprint density at radius 3 is 2.48 bits per heavy atom. The van der Waals surface area contributed by atoms with E-state index >= 15 is 0 Å². The minimum absolute atomic E-state index is 0.0467. The Bertz CT molecular complexity index is 953. The standard InChI is InChI=1S/C21H19BrN2O/c1-14-11-18(13-23-20-6-4-5-17(12-20)16(3)25)15(2)24(14)21-9-7-19(22)8-10-21/h4-13H,1-3H3. The number of hydrogen-bond acceptors (Lipinski definition) is 2. The van der Waals surface area contributed by atoms with Crippen LogP contribution in [0.1, 0.15) is 34.2 Å². The number of carbonyl (C=O) groups excluding carboxylic acids is 1. The average molecular weight is 395 g/mol. The molecule has 3 rings (SSSR count). The van der Waals surface area contributed by atoms with Crippen LogP contribution in [0.2, 0.25) is 0 Å². The number of nitrogens with zero attached hydrogens (tertiary/aromatic N) is 2. The van der Waals surface area contributed by atoms with Gasteiger partial charge in [-0.2, -0.15) is 0 Å². The molecule has 0 aliphatic rings. The molecule has 0 spiro atoms. The zero-order valence-electron chi connectivity index (χ0n) is 14.5. The lowest BCUT2D eigenvalue weighted by atomic mass is 10.1. The van der Waals surface area contributed by atoms with Crippen molar-refractivity contribution in [1.29, 1.82) is 0 Å². The predicted octanol–water partition coefficient (Wildman–Crippen LogP) is 5.81. The molecule has 3 nitrogen and oxygen atoms in total. The van der Waals surface area contributed by atoms with Gasteiger partial charge in [-0.25, -0.2) is 0 Å². The highest BCUT2D eigenvalue weighted by atomic mass is 79.9. The first-order valence-corrected chi connectivity index (χ1v) is 8.85. The Hall–Kier alpha value is -2.46. The lowest BCUT2D eigenvalue weighted by Gasteiger charge is -2.09. The Morgan fingerprint density at radius 1 is 1.08 bits per heavy atom. The Balaban J connectivity index is 1.94. The Kier molecular flexibility index (Phi) is 5.00. The molecule has 0 aliphatic heterocycles. The van der Waals surface area contributed by atoms with Gasteiger partial charge in [-0.05, 0) is 63.2 Å². The topological polar surface area (TPSA) is 34.4 Å². The highest BCUT2D eigenvalue weighted by Gasteiger charge is 2.09. The first kappa shape index (κ1) is 17.4. The SMILES string of the molecule is CC(=O)c1cccc(N=Cc2cc(C)n(-c3ccc(Br)cc3)c2C)c1. The normalized spacial score (nSPS) is 11.2. The number of rotatable bonds is 4. The fourth-order valence-electron chi connectivity index (χ4n) is 2.86. The summed E-state index contributed by atoms with van der Waals surface area (Å²) in [6.07, 6.45) is 1.86. The molecule has 0 amide bonds. The van der Waals surface area contributed by atoms with Crippen LogP contribution in [0, 0.1) is 13.8 Å². The summed E-state index contributed by atoms with van der Waals surface area (Å²) in [6, 6.07) is 17.7. The maximum Gasteiger partial charge on any atom is 0.159 e. The van der Waals surface area contributed by atoms with Crippen molar-refractivity contribution in [2.45, 2.75) is 20.8 Å². The maximum absolute atomic E-state index is 11.5. The van der Waals surface area contributed by atoms with Gasteiger partial charge in [0.15, 0.2) is 5.78 Å². The third-order valence-electron chi connectivity index (χ3n) is 4.16. The van der Waals surface area contributed by atoms with Crippen LogP contribution in [0.25, 0.3) is 5.69 Å². The van der Waals surface area contributed by atoms with E-state index in [2.05, 4.69) is 57.5 Å². The zero-order chi connectivity index (χ0) is 18.0. The third kappa shape index (κ3) is 3.80. The molecule has 0 atom stereocenters. The van der Waals surface area contributed by atoms with Gasteiger partial charge in [0.05, 0.1) is 5.69 Å². The van der Waals surface area contributed by atoms with E-state index in [1.54, 1.807) is 13.0 Å². The summed E-state index contributed by atoms with van der Waals surface area (Å²) in [5, 5.41) is 0. The van der Waals surface area contributed by atoms with Crippen molar-refractivity contribution in [2.24, 2.45) is 4.99 Å². The molecule has 1 aromatic heterocycles. The molecule has 126 valence electrons. The van der Waals surface area contributed by atoms with E-state index in [1.165, 1.54) is 0 Å². The Morgan fingerprint density at radius 2 is 1.80 bits per heavy atom. The van der Waals surface area contributed by atoms with E-state index in [0.29, 0.717) is 5.56 Å². The van der Waals surface area contributed by atoms with Gasteiger partial charge in [0.1, 0.15) is 0 Å². The molecule has 4 heteroatoms. The van der Waals surface area contributed by atoms with Gasteiger partial charge in [0, 0.05) is 38.9 Å². The first-order valence-electron chi connectivity index (χ1n) is 8.05. The van der Waals surface area contributed by atoms with Crippen molar-refractivity contribution in [3.05, 3.63) is 81.6 Å². The fourth-order valence-corrected chi connectivity index (χ4v) is 3.12. The quantitative estimate of drug-likeness (QED) is 0.406. The molecule has 1 heterocycles. The third-order valence-corrected chi connectivity index (χ3v) is 4.69. The molecule has 0 unspecified atom stereocenters. The van der Waals surface area contributed by atoms with E-state index in [-0.39, 0.29) is 5.78 Å². The van der Waals surface area contributed by atoms with Crippen LogP contribution in [0.5, 0.6) is 0 Å². The van der Waals surface area contributed by atoms with Crippen molar-refractivity contribution in [1.82, 2.24) is 4.57 Å². The summed E-state index contributed by atoms with van der Waals surface area (Å²) >= 11 is 3.47. The number of aliphatic imine (C=N–C) groups is 1.